The smallest absolute Gasteiger partial charge is 0.243 e. The van der Waals surface area contributed by atoms with Crippen molar-refractivity contribution in [3.8, 4) is 11.5 Å². The number of ether oxygens (including phenoxy) is 2. The van der Waals surface area contributed by atoms with Gasteiger partial charge in [0.1, 0.15) is 17.6 Å². The number of nitrogen functional groups attached to an aromatic ring is 1. The monoisotopic (exact) mass is 341 g/mol. The van der Waals surface area contributed by atoms with E-state index in [1.807, 2.05) is 47.4 Å². The second-order valence-corrected chi connectivity index (χ2v) is 6.03. The molecule has 6 nitrogen and oxygen atoms in total. The first-order valence-corrected chi connectivity index (χ1v) is 8.34. The van der Waals surface area contributed by atoms with Gasteiger partial charge in [0.25, 0.3) is 0 Å². The standard InChI is InChI=1S/C19H23N3O3/c1-3-15-11-22(17-10-13(20)4-9-18(17)25-15)12-19(23)21-14-5-7-16(24-2)8-6-14/h4-10,15H,3,11-12,20H2,1-2H3,(H,21,23). The summed E-state index contributed by atoms with van der Waals surface area (Å²) in [5, 5.41) is 2.91. The SMILES string of the molecule is CCC1CN(CC(=O)Nc2ccc(OC)cc2)c2cc(N)ccc2O1. The van der Waals surface area contributed by atoms with E-state index in [0.29, 0.717) is 12.2 Å². The molecule has 1 atom stereocenters. The molecule has 3 N–H and O–H groups in total. The summed E-state index contributed by atoms with van der Waals surface area (Å²) >= 11 is 0. The van der Waals surface area contributed by atoms with Crippen molar-refractivity contribution in [2.75, 3.05) is 36.1 Å². The lowest BCUT2D eigenvalue weighted by atomic mass is 10.1. The van der Waals surface area contributed by atoms with Gasteiger partial charge in [0.05, 0.1) is 25.9 Å². The summed E-state index contributed by atoms with van der Waals surface area (Å²) in [4.78, 5) is 14.5. The molecular formula is C19H23N3O3. The van der Waals surface area contributed by atoms with Crippen molar-refractivity contribution in [3.05, 3.63) is 42.5 Å². The lowest BCUT2D eigenvalue weighted by Crippen LogP contribution is -2.43. The second-order valence-electron chi connectivity index (χ2n) is 6.03. The van der Waals surface area contributed by atoms with Gasteiger partial charge in [-0.1, -0.05) is 6.92 Å². The highest BCUT2D eigenvalue weighted by Crippen LogP contribution is 2.35. The Morgan fingerprint density at radius 2 is 2.08 bits per heavy atom. The summed E-state index contributed by atoms with van der Waals surface area (Å²) in [5.74, 6) is 1.43. The van der Waals surface area contributed by atoms with Crippen molar-refractivity contribution in [1.82, 2.24) is 0 Å². The molecule has 0 spiro atoms. The molecule has 0 saturated heterocycles. The molecule has 6 heteroatoms. The van der Waals surface area contributed by atoms with Gasteiger partial charge in [-0.3, -0.25) is 4.79 Å². The van der Waals surface area contributed by atoms with E-state index in [2.05, 4.69) is 12.2 Å². The zero-order chi connectivity index (χ0) is 17.8. The van der Waals surface area contributed by atoms with Crippen LogP contribution in [-0.2, 0) is 4.79 Å². The molecule has 0 fully saturated rings. The van der Waals surface area contributed by atoms with Gasteiger partial charge >= 0.3 is 0 Å². The van der Waals surface area contributed by atoms with Crippen LogP contribution >= 0.6 is 0 Å². The quantitative estimate of drug-likeness (QED) is 0.818. The van der Waals surface area contributed by atoms with Gasteiger partial charge in [-0.15, -0.1) is 0 Å². The van der Waals surface area contributed by atoms with Crippen LogP contribution in [0.4, 0.5) is 17.1 Å². The zero-order valence-electron chi connectivity index (χ0n) is 14.5. The Bertz CT molecular complexity index is 746. The predicted molar refractivity (Wildman–Crippen MR) is 99.4 cm³/mol. The Morgan fingerprint density at radius 1 is 1.32 bits per heavy atom. The number of carbonyl (C=O) groups is 1. The van der Waals surface area contributed by atoms with Crippen LogP contribution in [0.15, 0.2) is 42.5 Å². The van der Waals surface area contributed by atoms with Crippen LogP contribution in [0, 0.1) is 0 Å². The molecule has 3 rings (SSSR count). The molecule has 1 unspecified atom stereocenters. The molecule has 1 aliphatic rings. The van der Waals surface area contributed by atoms with E-state index in [9.17, 15) is 4.79 Å². The van der Waals surface area contributed by atoms with Gasteiger partial charge in [0.15, 0.2) is 0 Å². The maximum absolute atomic E-state index is 12.5. The molecule has 25 heavy (non-hydrogen) atoms. The molecule has 0 aromatic heterocycles. The fraction of sp³-hybridized carbons (Fsp3) is 0.316. The van der Waals surface area contributed by atoms with Gasteiger partial charge in [0, 0.05) is 11.4 Å². The van der Waals surface area contributed by atoms with Crippen molar-refractivity contribution in [1.29, 1.82) is 0 Å². The minimum atomic E-state index is -0.0877. The maximum atomic E-state index is 12.5. The molecular weight excluding hydrogens is 318 g/mol. The number of rotatable bonds is 5. The lowest BCUT2D eigenvalue weighted by Gasteiger charge is -2.35. The first-order valence-electron chi connectivity index (χ1n) is 8.34. The van der Waals surface area contributed by atoms with Gasteiger partial charge in [0.2, 0.25) is 5.91 Å². The number of amides is 1. The van der Waals surface area contributed by atoms with Crippen LogP contribution in [0.3, 0.4) is 0 Å². The number of nitrogens with one attached hydrogen (secondary N) is 1. The summed E-state index contributed by atoms with van der Waals surface area (Å²) < 4.78 is 11.1. The Balaban J connectivity index is 1.72. The lowest BCUT2D eigenvalue weighted by molar-refractivity contribution is -0.115. The molecule has 0 saturated carbocycles. The number of benzene rings is 2. The molecule has 0 bridgehead atoms. The summed E-state index contributed by atoms with van der Waals surface area (Å²) in [6.07, 6.45) is 0.936. The van der Waals surface area contributed by atoms with Crippen LogP contribution in [0.5, 0.6) is 11.5 Å². The second kappa shape index (κ2) is 7.34. The number of hydrogen-bond acceptors (Lipinski definition) is 5. The van der Waals surface area contributed by atoms with Crippen molar-refractivity contribution in [2.45, 2.75) is 19.4 Å². The van der Waals surface area contributed by atoms with Gasteiger partial charge in [-0.25, -0.2) is 0 Å². The van der Waals surface area contributed by atoms with E-state index < -0.39 is 0 Å². The minimum absolute atomic E-state index is 0.0601. The largest absolute Gasteiger partial charge is 0.497 e. The average Bonchev–Trinajstić information content (AvgIpc) is 2.62. The molecule has 1 aliphatic heterocycles. The van der Waals surface area contributed by atoms with E-state index in [1.54, 1.807) is 7.11 Å². The predicted octanol–water partition coefficient (Wildman–Crippen LogP) is 2.89. The number of hydrogen-bond donors (Lipinski definition) is 2. The third-order valence-electron chi connectivity index (χ3n) is 4.20. The number of nitrogens with zero attached hydrogens (tertiary/aromatic N) is 1. The van der Waals surface area contributed by atoms with Crippen LogP contribution < -0.4 is 25.4 Å². The minimum Gasteiger partial charge on any atom is -0.497 e. The fourth-order valence-electron chi connectivity index (χ4n) is 2.85. The Hall–Kier alpha value is -2.89. The van der Waals surface area contributed by atoms with E-state index in [0.717, 1.165) is 29.3 Å². The van der Waals surface area contributed by atoms with E-state index in [1.165, 1.54) is 0 Å². The van der Waals surface area contributed by atoms with Gasteiger partial charge < -0.3 is 25.4 Å². The van der Waals surface area contributed by atoms with E-state index in [4.69, 9.17) is 15.2 Å². The van der Waals surface area contributed by atoms with Crippen molar-refractivity contribution < 1.29 is 14.3 Å². The average molecular weight is 341 g/mol. The van der Waals surface area contributed by atoms with Gasteiger partial charge in [-0.2, -0.15) is 0 Å². The van der Waals surface area contributed by atoms with Crippen LogP contribution in [0.2, 0.25) is 0 Å². The highest BCUT2D eigenvalue weighted by atomic mass is 16.5. The Labute approximate surface area is 147 Å². The highest BCUT2D eigenvalue weighted by molar-refractivity contribution is 5.94. The number of anilines is 3. The number of methoxy groups -OCH3 is 1. The summed E-state index contributed by atoms with van der Waals surface area (Å²) in [7, 11) is 1.61. The summed E-state index contributed by atoms with van der Waals surface area (Å²) in [6, 6.07) is 12.8. The first kappa shape index (κ1) is 17.0. The van der Waals surface area contributed by atoms with Crippen molar-refractivity contribution in [2.24, 2.45) is 0 Å². The Morgan fingerprint density at radius 3 is 2.76 bits per heavy atom. The normalized spacial score (nSPS) is 15.9. The molecule has 1 amide bonds. The number of fused-ring (bicyclic) bond motifs is 1. The van der Waals surface area contributed by atoms with E-state index in [-0.39, 0.29) is 18.6 Å². The van der Waals surface area contributed by atoms with Gasteiger partial charge in [-0.05, 0) is 48.9 Å². The van der Waals surface area contributed by atoms with Crippen LogP contribution in [0.25, 0.3) is 0 Å². The molecule has 0 radical (unpaired) electrons. The Kier molecular flexibility index (Phi) is 4.97. The maximum Gasteiger partial charge on any atom is 0.243 e. The van der Waals surface area contributed by atoms with Crippen molar-refractivity contribution in [3.63, 3.8) is 0 Å². The van der Waals surface area contributed by atoms with Crippen LogP contribution in [0.1, 0.15) is 13.3 Å². The first-order chi connectivity index (χ1) is 12.1. The number of nitrogens with two attached hydrogens (primary N) is 1. The third kappa shape index (κ3) is 3.96. The summed E-state index contributed by atoms with van der Waals surface area (Å²) in [5.41, 5.74) is 8.14. The highest BCUT2D eigenvalue weighted by Gasteiger charge is 2.26. The third-order valence-corrected chi connectivity index (χ3v) is 4.20. The number of carbonyl (C=O) groups excluding carboxylic acids is 1. The molecule has 2 aromatic carbocycles. The topological polar surface area (TPSA) is 76.8 Å². The zero-order valence-corrected chi connectivity index (χ0v) is 14.5. The van der Waals surface area contributed by atoms with Crippen molar-refractivity contribution >= 4 is 23.0 Å². The summed E-state index contributed by atoms with van der Waals surface area (Å²) in [6.45, 7) is 2.97. The molecule has 1 heterocycles. The molecule has 2 aromatic rings. The molecule has 132 valence electrons. The molecule has 0 aliphatic carbocycles. The van der Waals surface area contributed by atoms with E-state index >= 15 is 0 Å². The van der Waals surface area contributed by atoms with Crippen LogP contribution in [-0.4, -0.2) is 32.2 Å². The fourth-order valence-corrected chi connectivity index (χ4v) is 2.85.